The van der Waals surface area contributed by atoms with E-state index < -0.39 is 5.97 Å². The second-order valence-corrected chi connectivity index (χ2v) is 15.2. The largest absolute Gasteiger partial charge is 0.459 e. The standard InChI is InChI=1S/C34H46N4O3/c1-19-17-23(33(6,7)8)28(24(18-19)34(9,10)11)41-31(40)25-26(35-12)27(20(2)39)38-30(25)36-29(37-38)21-13-15-22(16-14-21)32(3,4)5/h13-16,19,23-24,28H,17-18H2,1-11H3,(H,36,37). The zero-order valence-corrected chi connectivity index (χ0v) is 26.6. The van der Waals surface area contributed by atoms with Crippen LogP contribution >= 0.6 is 0 Å². The van der Waals surface area contributed by atoms with Gasteiger partial charge in [0.05, 0.1) is 6.57 Å². The molecule has 1 aliphatic rings. The van der Waals surface area contributed by atoms with Crippen LogP contribution in [-0.2, 0) is 10.2 Å². The molecular formula is C34H46N4O3. The number of hydrogen-bond acceptors (Lipinski definition) is 4. The first-order valence-electron chi connectivity index (χ1n) is 14.7. The van der Waals surface area contributed by atoms with Crippen molar-refractivity contribution in [3.05, 3.63) is 52.5 Å². The number of esters is 1. The lowest BCUT2D eigenvalue weighted by Gasteiger charge is -2.50. The topological polar surface area (TPSA) is 80.8 Å². The Kier molecular flexibility index (Phi) is 7.79. The van der Waals surface area contributed by atoms with Crippen molar-refractivity contribution in [2.24, 2.45) is 28.6 Å². The molecule has 7 heteroatoms. The van der Waals surface area contributed by atoms with Gasteiger partial charge in [-0.05, 0) is 47.5 Å². The maximum atomic E-state index is 14.1. The number of Topliss-reactive ketones (excluding diaryl/α,β-unsaturated/α-hetero) is 1. The molecule has 1 fully saturated rings. The van der Waals surface area contributed by atoms with Gasteiger partial charge in [-0.3, -0.25) is 9.89 Å². The van der Waals surface area contributed by atoms with Crippen LogP contribution in [0.4, 0.5) is 5.69 Å². The van der Waals surface area contributed by atoms with Gasteiger partial charge >= 0.3 is 5.97 Å². The first-order valence-corrected chi connectivity index (χ1v) is 14.7. The van der Waals surface area contributed by atoms with Crippen LogP contribution in [0, 0.1) is 35.2 Å². The molecule has 4 rings (SSSR count). The molecule has 1 aliphatic carbocycles. The number of nitrogens with one attached hydrogen (secondary N) is 1. The number of aromatic nitrogens is 3. The van der Waals surface area contributed by atoms with E-state index in [4.69, 9.17) is 16.3 Å². The molecule has 2 heterocycles. The Morgan fingerprint density at radius 1 is 0.976 bits per heavy atom. The fourth-order valence-electron chi connectivity index (χ4n) is 6.43. The monoisotopic (exact) mass is 558 g/mol. The molecule has 1 N–H and O–H groups in total. The van der Waals surface area contributed by atoms with Crippen molar-refractivity contribution in [1.82, 2.24) is 14.6 Å². The molecule has 0 radical (unpaired) electrons. The van der Waals surface area contributed by atoms with Crippen LogP contribution in [0.1, 0.15) is 115 Å². The van der Waals surface area contributed by atoms with Crippen molar-refractivity contribution in [2.45, 2.75) is 101 Å². The van der Waals surface area contributed by atoms with Crippen LogP contribution < -0.4 is 0 Å². The van der Waals surface area contributed by atoms with E-state index in [1.54, 1.807) is 0 Å². The first-order chi connectivity index (χ1) is 18.8. The number of ether oxygens (including phenoxy) is 1. The molecule has 3 aromatic rings. The fourth-order valence-corrected chi connectivity index (χ4v) is 6.43. The smallest absolute Gasteiger partial charge is 0.331 e. The van der Waals surface area contributed by atoms with Crippen molar-refractivity contribution in [1.29, 1.82) is 0 Å². The number of carbonyl (C=O) groups excluding carboxylic acids is 2. The zero-order valence-electron chi connectivity index (χ0n) is 26.6. The normalized spacial score (nSPS) is 22.0. The Balaban J connectivity index is 1.83. The van der Waals surface area contributed by atoms with E-state index in [-0.39, 0.29) is 62.6 Å². The van der Waals surface area contributed by atoms with Gasteiger partial charge in [0.2, 0.25) is 5.69 Å². The Morgan fingerprint density at radius 3 is 1.95 bits per heavy atom. The van der Waals surface area contributed by atoms with Crippen LogP contribution in [0.5, 0.6) is 0 Å². The number of H-pyrrole nitrogens is 1. The highest BCUT2D eigenvalue weighted by atomic mass is 16.5. The number of benzene rings is 1. The highest BCUT2D eigenvalue weighted by Gasteiger charge is 2.48. The molecule has 1 saturated carbocycles. The van der Waals surface area contributed by atoms with Crippen LogP contribution in [0.2, 0.25) is 0 Å². The summed E-state index contributed by atoms with van der Waals surface area (Å²) in [4.78, 5) is 35.3. The van der Waals surface area contributed by atoms with E-state index in [2.05, 4.69) is 91.3 Å². The summed E-state index contributed by atoms with van der Waals surface area (Å²) in [6.45, 7) is 31.3. The minimum Gasteiger partial charge on any atom is -0.459 e. The number of hydrogen-bond donors (Lipinski definition) is 1. The van der Waals surface area contributed by atoms with E-state index in [1.165, 1.54) is 17.0 Å². The first kappa shape index (κ1) is 30.6. The minimum atomic E-state index is -0.592. The summed E-state index contributed by atoms with van der Waals surface area (Å²) in [7, 11) is 0. The van der Waals surface area contributed by atoms with Gasteiger partial charge in [-0.2, -0.15) is 0 Å². The van der Waals surface area contributed by atoms with Crippen LogP contribution in [-0.4, -0.2) is 32.5 Å². The number of rotatable bonds is 4. The summed E-state index contributed by atoms with van der Waals surface area (Å²) in [5.74, 6) is 0.413. The zero-order chi connectivity index (χ0) is 30.7. The third-order valence-electron chi connectivity index (χ3n) is 8.80. The van der Waals surface area contributed by atoms with Gasteiger partial charge in [0.25, 0.3) is 0 Å². The fraction of sp³-hybridized carbons (Fsp3) is 0.588. The lowest BCUT2D eigenvalue weighted by molar-refractivity contribution is -0.0922. The summed E-state index contributed by atoms with van der Waals surface area (Å²) >= 11 is 0. The molecule has 2 unspecified atom stereocenters. The van der Waals surface area contributed by atoms with Gasteiger partial charge < -0.3 is 4.74 Å². The molecule has 0 spiro atoms. The molecule has 0 aliphatic heterocycles. The molecule has 0 bridgehead atoms. The van der Waals surface area contributed by atoms with Gasteiger partial charge in [0.15, 0.2) is 17.3 Å². The average molecular weight is 559 g/mol. The molecule has 41 heavy (non-hydrogen) atoms. The number of nitrogens with zero attached hydrogens (tertiary/aromatic N) is 3. The van der Waals surface area contributed by atoms with Crippen LogP contribution in [0.25, 0.3) is 21.9 Å². The summed E-state index contributed by atoms with van der Waals surface area (Å²) in [6, 6.07) is 8.07. The van der Waals surface area contributed by atoms with Gasteiger partial charge in [-0.1, -0.05) is 93.5 Å². The molecule has 220 valence electrons. The van der Waals surface area contributed by atoms with Gasteiger partial charge in [0, 0.05) is 17.4 Å². The highest BCUT2D eigenvalue weighted by Crippen LogP contribution is 2.50. The van der Waals surface area contributed by atoms with Crippen LogP contribution in [0.15, 0.2) is 24.3 Å². The minimum absolute atomic E-state index is 0.00468. The predicted octanol–water partition coefficient (Wildman–Crippen LogP) is 8.66. The SMILES string of the molecule is [C-]#[N+]c1c(C(=O)OC2C(C(C)(C)C)CC(C)CC2C(C)(C)C)c2nc(-c3ccc(C(C)(C)C)cc3)[nH]n2c1C(C)=O. The third kappa shape index (κ3) is 5.84. The van der Waals surface area contributed by atoms with E-state index >= 15 is 0 Å². The van der Waals surface area contributed by atoms with Crippen molar-refractivity contribution in [3.63, 3.8) is 0 Å². The highest BCUT2D eigenvalue weighted by molar-refractivity contribution is 6.11. The lowest BCUT2D eigenvalue weighted by atomic mass is 9.59. The van der Waals surface area contributed by atoms with Crippen molar-refractivity contribution < 1.29 is 14.3 Å². The molecule has 2 atom stereocenters. The molecular weight excluding hydrogens is 512 g/mol. The van der Waals surface area contributed by atoms with E-state index in [9.17, 15) is 9.59 Å². The number of ketones is 1. The quantitative estimate of drug-likeness (QED) is 0.197. The molecule has 0 saturated heterocycles. The molecule has 0 amide bonds. The molecule has 1 aromatic carbocycles. The number of carbonyl (C=O) groups is 2. The van der Waals surface area contributed by atoms with E-state index in [0.29, 0.717) is 11.7 Å². The van der Waals surface area contributed by atoms with Crippen molar-refractivity contribution in [2.75, 3.05) is 0 Å². The summed E-state index contributed by atoms with van der Waals surface area (Å²) in [6.07, 6.45) is 1.60. The Labute approximate surface area is 244 Å². The van der Waals surface area contributed by atoms with Crippen molar-refractivity contribution >= 4 is 23.1 Å². The summed E-state index contributed by atoms with van der Waals surface area (Å²) in [5, 5.41) is 3.18. The molecule has 2 aromatic heterocycles. The predicted molar refractivity (Wildman–Crippen MR) is 163 cm³/mol. The Bertz CT molecular complexity index is 1470. The second-order valence-electron chi connectivity index (χ2n) is 15.2. The number of fused-ring (bicyclic) bond motifs is 1. The van der Waals surface area contributed by atoms with Crippen LogP contribution in [0.3, 0.4) is 0 Å². The Hall–Kier alpha value is -3.40. The van der Waals surface area contributed by atoms with Crippen molar-refractivity contribution in [3.8, 4) is 11.4 Å². The van der Waals surface area contributed by atoms with E-state index in [0.717, 1.165) is 18.4 Å². The second kappa shape index (κ2) is 10.5. The van der Waals surface area contributed by atoms with Gasteiger partial charge in [-0.15, -0.1) is 0 Å². The summed E-state index contributed by atoms with van der Waals surface area (Å²) < 4.78 is 7.93. The van der Waals surface area contributed by atoms with Gasteiger partial charge in [-0.25, -0.2) is 19.1 Å². The maximum Gasteiger partial charge on any atom is 0.331 e. The lowest BCUT2D eigenvalue weighted by Crippen LogP contribution is -2.49. The Morgan fingerprint density at radius 2 is 1.51 bits per heavy atom. The third-order valence-corrected chi connectivity index (χ3v) is 8.80. The summed E-state index contributed by atoms with van der Waals surface area (Å²) in [5.41, 5.74) is 2.25. The maximum absolute atomic E-state index is 14.1. The number of aromatic amines is 1. The van der Waals surface area contributed by atoms with Gasteiger partial charge in [0.1, 0.15) is 17.4 Å². The van der Waals surface area contributed by atoms with E-state index in [1.807, 2.05) is 12.1 Å². The molecule has 7 nitrogen and oxygen atoms in total. The average Bonchev–Trinajstić information content (AvgIpc) is 3.39.